The number of aliphatic carboxylic acids is 1. The fourth-order valence-corrected chi connectivity index (χ4v) is 2.14. The molecular formula is C16H14F2O3. The Morgan fingerprint density at radius 1 is 1.24 bits per heavy atom. The Kier molecular flexibility index (Phi) is 4.52. The molecular weight excluding hydrogens is 278 g/mol. The third-order valence-electron chi connectivity index (χ3n) is 3.21. The first-order valence-corrected chi connectivity index (χ1v) is 6.32. The largest absolute Gasteiger partial charge is 0.494 e. The SMILES string of the molecule is COc1ccc(CC(C(=O)O)c2cccc(F)c2)cc1F. The molecule has 0 aromatic heterocycles. The first kappa shape index (κ1) is 15.0. The maximum atomic E-state index is 13.6. The molecule has 2 rings (SSSR count). The molecule has 5 heteroatoms. The van der Waals surface area contributed by atoms with Crippen molar-refractivity contribution in [1.29, 1.82) is 0 Å². The Morgan fingerprint density at radius 3 is 2.57 bits per heavy atom. The predicted molar refractivity (Wildman–Crippen MR) is 73.4 cm³/mol. The summed E-state index contributed by atoms with van der Waals surface area (Å²) in [7, 11) is 1.35. The van der Waals surface area contributed by atoms with Gasteiger partial charge in [0.05, 0.1) is 13.0 Å². The highest BCUT2D eigenvalue weighted by Crippen LogP contribution is 2.25. The zero-order chi connectivity index (χ0) is 15.4. The van der Waals surface area contributed by atoms with Crippen LogP contribution in [0.25, 0.3) is 0 Å². The molecule has 0 spiro atoms. The lowest BCUT2D eigenvalue weighted by Gasteiger charge is -2.13. The van der Waals surface area contributed by atoms with Gasteiger partial charge in [0.1, 0.15) is 5.82 Å². The van der Waals surface area contributed by atoms with Crippen LogP contribution in [0, 0.1) is 11.6 Å². The number of carboxylic acid groups (broad SMARTS) is 1. The molecule has 0 bridgehead atoms. The van der Waals surface area contributed by atoms with Crippen molar-refractivity contribution in [2.45, 2.75) is 12.3 Å². The van der Waals surface area contributed by atoms with E-state index in [1.807, 2.05) is 0 Å². The van der Waals surface area contributed by atoms with E-state index in [-0.39, 0.29) is 12.2 Å². The Hall–Kier alpha value is -2.43. The molecule has 1 unspecified atom stereocenters. The van der Waals surface area contributed by atoms with Gasteiger partial charge in [-0.1, -0.05) is 18.2 Å². The summed E-state index contributed by atoms with van der Waals surface area (Å²) in [6.07, 6.45) is 0.0691. The van der Waals surface area contributed by atoms with Crippen molar-refractivity contribution in [3.05, 3.63) is 65.2 Å². The van der Waals surface area contributed by atoms with Crippen LogP contribution in [0.5, 0.6) is 5.75 Å². The summed E-state index contributed by atoms with van der Waals surface area (Å²) in [5, 5.41) is 9.31. The molecule has 0 aliphatic rings. The first-order valence-electron chi connectivity index (χ1n) is 6.32. The fourth-order valence-electron chi connectivity index (χ4n) is 2.14. The Labute approximate surface area is 120 Å². The number of hydrogen-bond donors (Lipinski definition) is 1. The highest BCUT2D eigenvalue weighted by Gasteiger charge is 2.21. The molecule has 1 N–H and O–H groups in total. The molecule has 1 atom stereocenters. The lowest BCUT2D eigenvalue weighted by atomic mass is 9.92. The van der Waals surface area contributed by atoms with Gasteiger partial charge in [-0.15, -0.1) is 0 Å². The lowest BCUT2D eigenvalue weighted by Crippen LogP contribution is -2.14. The van der Waals surface area contributed by atoms with Gasteiger partial charge in [-0.25, -0.2) is 8.78 Å². The van der Waals surface area contributed by atoms with Gasteiger partial charge in [0.15, 0.2) is 11.6 Å². The van der Waals surface area contributed by atoms with Gasteiger partial charge in [0.25, 0.3) is 0 Å². The van der Waals surface area contributed by atoms with Crippen molar-refractivity contribution in [2.75, 3.05) is 7.11 Å². The summed E-state index contributed by atoms with van der Waals surface area (Å²) < 4.78 is 31.7. The summed E-state index contributed by atoms with van der Waals surface area (Å²) in [6.45, 7) is 0. The molecule has 2 aromatic rings. The number of carboxylic acids is 1. The maximum Gasteiger partial charge on any atom is 0.311 e. The second kappa shape index (κ2) is 6.35. The zero-order valence-electron chi connectivity index (χ0n) is 11.3. The van der Waals surface area contributed by atoms with E-state index in [1.54, 1.807) is 12.1 Å². The smallest absolute Gasteiger partial charge is 0.311 e. The quantitative estimate of drug-likeness (QED) is 0.919. The highest BCUT2D eigenvalue weighted by molar-refractivity contribution is 5.76. The van der Waals surface area contributed by atoms with Crippen LogP contribution in [-0.4, -0.2) is 18.2 Å². The van der Waals surface area contributed by atoms with Gasteiger partial charge in [-0.2, -0.15) is 0 Å². The van der Waals surface area contributed by atoms with Crippen LogP contribution in [0.3, 0.4) is 0 Å². The summed E-state index contributed by atoms with van der Waals surface area (Å²) in [4.78, 5) is 11.4. The number of hydrogen-bond acceptors (Lipinski definition) is 2. The van der Waals surface area contributed by atoms with Crippen LogP contribution in [-0.2, 0) is 11.2 Å². The average Bonchev–Trinajstić information content (AvgIpc) is 2.44. The summed E-state index contributed by atoms with van der Waals surface area (Å²) in [6, 6.07) is 9.69. The molecule has 0 saturated heterocycles. The van der Waals surface area contributed by atoms with Gasteiger partial charge in [-0.05, 0) is 41.8 Å². The minimum atomic E-state index is -1.09. The van der Waals surface area contributed by atoms with Crippen LogP contribution in [0.2, 0.25) is 0 Å². The van der Waals surface area contributed by atoms with Crippen molar-refractivity contribution in [3.8, 4) is 5.75 Å². The molecule has 0 fully saturated rings. The van der Waals surface area contributed by atoms with Crippen molar-refractivity contribution in [1.82, 2.24) is 0 Å². The molecule has 3 nitrogen and oxygen atoms in total. The molecule has 0 aliphatic heterocycles. The lowest BCUT2D eigenvalue weighted by molar-refractivity contribution is -0.138. The molecule has 0 saturated carbocycles. The minimum absolute atomic E-state index is 0.0691. The molecule has 0 heterocycles. The third kappa shape index (κ3) is 3.56. The van der Waals surface area contributed by atoms with Crippen LogP contribution < -0.4 is 4.74 Å². The van der Waals surface area contributed by atoms with E-state index in [9.17, 15) is 18.7 Å². The van der Waals surface area contributed by atoms with Crippen molar-refractivity contribution >= 4 is 5.97 Å². The van der Waals surface area contributed by atoms with Gasteiger partial charge in [0, 0.05) is 0 Å². The standard InChI is InChI=1S/C16H14F2O3/c1-21-15-6-5-10(8-14(15)18)7-13(16(19)20)11-3-2-4-12(17)9-11/h2-6,8-9,13H,7H2,1H3,(H,19,20). The van der Waals surface area contributed by atoms with Crippen LogP contribution in [0.4, 0.5) is 8.78 Å². The number of halogens is 2. The van der Waals surface area contributed by atoms with Crippen LogP contribution in [0.15, 0.2) is 42.5 Å². The topological polar surface area (TPSA) is 46.5 Å². The molecule has 2 aromatic carbocycles. The van der Waals surface area contributed by atoms with E-state index in [0.717, 1.165) is 0 Å². The van der Waals surface area contributed by atoms with Crippen molar-refractivity contribution in [3.63, 3.8) is 0 Å². The number of benzene rings is 2. The number of rotatable bonds is 5. The number of ether oxygens (including phenoxy) is 1. The maximum absolute atomic E-state index is 13.6. The number of methoxy groups -OCH3 is 1. The number of carbonyl (C=O) groups is 1. The fraction of sp³-hybridized carbons (Fsp3) is 0.188. The molecule has 0 radical (unpaired) electrons. The zero-order valence-corrected chi connectivity index (χ0v) is 11.3. The van der Waals surface area contributed by atoms with Gasteiger partial charge in [0.2, 0.25) is 0 Å². The van der Waals surface area contributed by atoms with E-state index < -0.39 is 23.5 Å². The predicted octanol–water partition coefficient (Wildman–Crippen LogP) is 3.38. The Balaban J connectivity index is 2.29. The Morgan fingerprint density at radius 2 is 2.00 bits per heavy atom. The van der Waals surface area contributed by atoms with Crippen LogP contribution >= 0.6 is 0 Å². The minimum Gasteiger partial charge on any atom is -0.494 e. The van der Waals surface area contributed by atoms with E-state index in [0.29, 0.717) is 11.1 Å². The first-order chi connectivity index (χ1) is 10.0. The van der Waals surface area contributed by atoms with Crippen molar-refractivity contribution < 1.29 is 23.4 Å². The molecule has 0 aliphatic carbocycles. The summed E-state index contributed by atoms with van der Waals surface area (Å²) >= 11 is 0. The summed E-state index contributed by atoms with van der Waals surface area (Å²) in [5.41, 5.74) is 0.851. The van der Waals surface area contributed by atoms with E-state index in [2.05, 4.69) is 0 Å². The van der Waals surface area contributed by atoms with E-state index in [4.69, 9.17) is 4.74 Å². The monoisotopic (exact) mass is 292 g/mol. The highest BCUT2D eigenvalue weighted by atomic mass is 19.1. The van der Waals surface area contributed by atoms with Gasteiger partial charge >= 0.3 is 5.97 Å². The van der Waals surface area contributed by atoms with E-state index >= 15 is 0 Å². The Bertz CT molecular complexity index is 656. The third-order valence-corrected chi connectivity index (χ3v) is 3.21. The van der Waals surface area contributed by atoms with Crippen LogP contribution in [0.1, 0.15) is 17.0 Å². The summed E-state index contributed by atoms with van der Waals surface area (Å²) in [5.74, 6) is -2.99. The van der Waals surface area contributed by atoms with Gasteiger partial charge in [-0.3, -0.25) is 4.79 Å². The van der Waals surface area contributed by atoms with E-state index in [1.165, 1.54) is 37.4 Å². The van der Waals surface area contributed by atoms with Crippen molar-refractivity contribution in [2.24, 2.45) is 0 Å². The average molecular weight is 292 g/mol. The second-order valence-corrected chi connectivity index (χ2v) is 4.62. The van der Waals surface area contributed by atoms with Gasteiger partial charge < -0.3 is 9.84 Å². The molecule has 110 valence electrons. The molecule has 21 heavy (non-hydrogen) atoms. The molecule has 0 amide bonds. The normalized spacial score (nSPS) is 12.0. The second-order valence-electron chi connectivity index (χ2n) is 4.62.